The molecule has 136 valence electrons. The van der Waals surface area contributed by atoms with Crippen molar-refractivity contribution >= 4 is 21.5 Å². The van der Waals surface area contributed by atoms with E-state index in [1.54, 1.807) is 6.07 Å². The van der Waals surface area contributed by atoms with Gasteiger partial charge in [0.15, 0.2) is 11.7 Å². The van der Waals surface area contributed by atoms with E-state index < -0.39 is 33.3 Å². The van der Waals surface area contributed by atoms with Crippen molar-refractivity contribution in [3.05, 3.63) is 42.4 Å². The second-order valence-electron chi connectivity index (χ2n) is 5.05. The normalized spacial score (nSPS) is 26.2. The Morgan fingerprint density at radius 2 is 2.08 bits per heavy atom. The van der Waals surface area contributed by atoms with Crippen molar-refractivity contribution in [1.82, 2.24) is 15.6 Å². The number of benzene rings is 1. The highest BCUT2D eigenvalue weighted by molar-refractivity contribution is 7.93. The molecule has 0 aromatic heterocycles. The van der Waals surface area contributed by atoms with Crippen molar-refractivity contribution in [2.45, 2.75) is 18.5 Å². The summed E-state index contributed by atoms with van der Waals surface area (Å²) in [5, 5.41) is -3.10. The molecule has 3 rings (SSSR count). The maximum atomic E-state index is 15.0. The second kappa shape index (κ2) is 6.20. The van der Waals surface area contributed by atoms with Crippen molar-refractivity contribution < 1.29 is 26.4 Å². The number of hydrogen-bond acceptors (Lipinski definition) is 7. The number of aliphatic imine (C=N–C) groups is 1. The number of fused-ring (bicyclic) bond motifs is 1. The summed E-state index contributed by atoms with van der Waals surface area (Å²) in [6.07, 6.45) is -1.23. The highest BCUT2D eigenvalue weighted by atomic mass is 32.2. The van der Waals surface area contributed by atoms with E-state index in [0.717, 1.165) is 0 Å². The van der Waals surface area contributed by atoms with E-state index >= 15 is 4.39 Å². The van der Waals surface area contributed by atoms with E-state index in [4.69, 9.17) is 4.74 Å². The van der Waals surface area contributed by atoms with Gasteiger partial charge in [0.25, 0.3) is 6.35 Å². The first-order valence-electron chi connectivity index (χ1n) is 7.14. The van der Waals surface area contributed by atoms with Crippen LogP contribution in [0, 0.1) is 0 Å². The smallest absolute Gasteiger partial charge is 0.338 e. The van der Waals surface area contributed by atoms with Crippen LogP contribution >= 0.6 is 0 Å². The van der Waals surface area contributed by atoms with Gasteiger partial charge in [-0.3, -0.25) is 4.72 Å². The molecule has 0 saturated carbocycles. The standard InChI is InChI=1S/C13H14F3N5O3S/c1-2-24-12-20(16)8-10(14)11-17-13(15,19-21(11)12)25(22,23)18-9-6-4-3-5-7-9/h3-8,12,18-19H,2H2,1H3. The number of nitrogens with zero attached hydrogens (tertiary/aromatic N) is 3. The zero-order valence-electron chi connectivity index (χ0n) is 12.9. The summed E-state index contributed by atoms with van der Waals surface area (Å²) in [5.41, 5.74) is 1.93. The molecule has 2 aliphatic heterocycles. The summed E-state index contributed by atoms with van der Waals surface area (Å²) in [6.45, 7) is 1.53. The van der Waals surface area contributed by atoms with Crippen LogP contribution in [0.1, 0.15) is 6.92 Å². The van der Waals surface area contributed by atoms with Crippen LogP contribution in [0.3, 0.4) is 0 Å². The number of rotatable bonds is 5. The third-order valence-electron chi connectivity index (χ3n) is 3.32. The van der Waals surface area contributed by atoms with Gasteiger partial charge < -0.3 is 4.74 Å². The van der Waals surface area contributed by atoms with E-state index in [-0.39, 0.29) is 17.4 Å². The number of nitrogens with one attached hydrogen (secondary N) is 2. The van der Waals surface area contributed by atoms with Gasteiger partial charge >= 0.3 is 15.3 Å². The van der Waals surface area contributed by atoms with Crippen LogP contribution in [0.25, 0.3) is 0 Å². The first-order chi connectivity index (χ1) is 11.8. The predicted octanol–water partition coefficient (Wildman–Crippen LogP) is 1.56. The molecular formula is C13H14F3N5O3S. The van der Waals surface area contributed by atoms with Crippen LogP contribution in [-0.4, -0.2) is 42.6 Å². The monoisotopic (exact) mass is 377 g/mol. The molecular weight excluding hydrogens is 363 g/mol. The lowest BCUT2D eigenvalue weighted by Gasteiger charge is -2.35. The summed E-state index contributed by atoms with van der Waals surface area (Å²) in [4.78, 5) is 3.26. The quantitative estimate of drug-likeness (QED) is 0.598. The summed E-state index contributed by atoms with van der Waals surface area (Å²) >= 11 is 0. The number of amidine groups is 1. The minimum absolute atomic E-state index is 0.000304. The third-order valence-corrected chi connectivity index (χ3v) is 4.72. The fourth-order valence-electron chi connectivity index (χ4n) is 2.23. The minimum Gasteiger partial charge on any atom is -0.338 e. The van der Waals surface area contributed by atoms with Crippen LogP contribution in [0.5, 0.6) is 0 Å². The summed E-state index contributed by atoms with van der Waals surface area (Å²) in [6, 6.07) is 7.50. The number of ether oxygens (including phenoxy) is 1. The molecule has 2 aliphatic rings. The number of para-hydroxylation sites is 1. The lowest BCUT2D eigenvalue weighted by molar-refractivity contribution is -0.196. The van der Waals surface area contributed by atoms with Gasteiger partial charge in [-0.25, -0.2) is 9.40 Å². The van der Waals surface area contributed by atoms with E-state index in [2.05, 4.69) is 4.99 Å². The second-order valence-corrected chi connectivity index (χ2v) is 6.80. The Kier molecular flexibility index (Phi) is 4.34. The van der Waals surface area contributed by atoms with Crippen LogP contribution in [-0.2, 0) is 14.8 Å². The molecule has 0 amide bonds. The van der Waals surface area contributed by atoms with Crippen molar-refractivity contribution in [3.8, 4) is 0 Å². The van der Waals surface area contributed by atoms with E-state index in [0.29, 0.717) is 11.2 Å². The van der Waals surface area contributed by atoms with Crippen LogP contribution < -0.4 is 10.1 Å². The molecule has 0 spiro atoms. The molecule has 0 aliphatic carbocycles. The molecule has 2 unspecified atom stereocenters. The predicted molar refractivity (Wildman–Crippen MR) is 82.8 cm³/mol. The molecule has 1 aromatic rings. The number of sulfonamides is 1. The molecule has 0 bridgehead atoms. The average Bonchev–Trinajstić information content (AvgIpc) is 2.92. The van der Waals surface area contributed by atoms with Gasteiger partial charge in [-0.1, -0.05) is 22.7 Å². The Morgan fingerprint density at radius 1 is 1.40 bits per heavy atom. The lowest BCUT2D eigenvalue weighted by atomic mass is 10.3. The average molecular weight is 377 g/mol. The fourth-order valence-corrected chi connectivity index (χ4v) is 3.24. The molecule has 1 aromatic carbocycles. The molecule has 2 N–H and O–H groups in total. The maximum Gasteiger partial charge on any atom is 0.395 e. The van der Waals surface area contributed by atoms with E-state index in [9.17, 15) is 17.3 Å². The topological polar surface area (TPSA) is 86.3 Å². The zero-order valence-corrected chi connectivity index (χ0v) is 13.7. The molecule has 2 heterocycles. The number of halogens is 3. The maximum absolute atomic E-state index is 15.0. The van der Waals surface area contributed by atoms with E-state index in [1.165, 1.54) is 31.2 Å². The van der Waals surface area contributed by atoms with Gasteiger partial charge in [0.1, 0.15) is 0 Å². The fraction of sp³-hybridized carbons (Fsp3) is 0.308. The van der Waals surface area contributed by atoms with E-state index in [1.807, 2.05) is 10.1 Å². The first-order valence-corrected chi connectivity index (χ1v) is 8.62. The number of alkyl halides is 1. The van der Waals surface area contributed by atoms with Gasteiger partial charge in [-0.2, -0.15) is 28.3 Å². The van der Waals surface area contributed by atoms with Crippen molar-refractivity contribution in [2.24, 2.45) is 4.99 Å². The number of hydrazine groups is 1. The Bertz CT molecular complexity index is 819. The molecule has 0 fully saturated rings. The number of hydrogen-bond donors (Lipinski definition) is 2. The highest BCUT2D eigenvalue weighted by Crippen LogP contribution is 2.33. The van der Waals surface area contributed by atoms with Crippen LogP contribution in [0.2, 0.25) is 0 Å². The molecule has 12 heteroatoms. The van der Waals surface area contributed by atoms with Gasteiger partial charge in [0, 0.05) is 12.3 Å². The highest BCUT2D eigenvalue weighted by Gasteiger charge is 2.55. The van der Waals surface area contributed by atoms with Crippen molar-refractivity contribution in [3.63, 3.8) is 0 Å². The first kappa shape index (κ1) is 17.5. The lowest BCUT2D eigenvalue weighted by Crippen LogP contribution is -2.59. The Morgan fingerprint density at radius 3 is 2.72 bits per heavy atom. The Labute approximate surface area is 141 Å². The van der Waals surface area contributed by atoms with Crippen molar-refractivity contribution in [2.75, 3.05) is 11.3 Å². The van der Waals surface area contributed by atoms with Gasteiger partial charge in [0.2, 0.25) is 0 Å². The van der Waals surface area contributed by atoms with Crippen molar-refractivity contribution in [1.29, 1.82) is 0 Å². The van der Waals surface area contributed by atoms with Gasteiger partial charge in [0.05, 0.1) is 6.20 Å². The van der Waals surface area contributed by atoms with Gasteiger partial charge in [-0.05, 0) is 19.1 Å². The minimum atomic E-state index is -4.80. The zero-order chi connectivity index (χ0) is 18.2. The van der Waals surface area contributed by atoms with Crippen LogP contribution in [0.15, 0.2) is 47.4 Å². The molecule has 0 radical (unpaired) electrons. The molecule has 8 nitrogen and oxygen atoms in total. The Balaban J connectivity index is 1.93. The molecule has 25 heavy (non-hydrogen) atoms. The number of anilines is 1. The third kappa shape index (κ3) is 3.03. The van der Waals surface area contributed by atoms with Gasteiger partial charge in [-0.15, -0.1) is 0 Å². The van der Waals surface area contributed by atoms with Crippen LogP contribution in [0.4, 0.5) is 18.9 Å². The molecule has 2 atom stereocenters. The summed E-state index contributed by atoms with van der Waals surface area (Å²) < 4.78 is 74.4. The summed E-state index contributed by atoms with van der Waals surface area (Å²) in [5.74, 6) is -1.99. The summed E-state index contributed by atoms with van der Waals surface area (Å²) in [7, 11) is -4.80. The Hall–Kier alpha value is -2.31. The molecule has 0 saturated heterocycles. The SMILES string of the molecule is CCOC1N(F)C=C(F)C2=NC(F)(S(=O)(=O)Nc3ccccc3)NN21. The largest absolute Gasteiger partial charge is 0.395 e.